The van der Waals surface area contributed by atoms with Gasteiger partial charge < -0.3 is 19.6 Å². The number of nitrogens with zero attached hydrogens (tertiary/aromatic N) is 2. The van der Waals surface area contributed by atoms with E-state index in [2.05, 4.69) is 6.07 Å². The van der Waals surface area contributed by atoms with E-state index < -0.39 is 5.97 Å². The monoisotopic (exact) mass is 294 g/mol. The van der Waals surface area contributed by atoms with Crippen molar-refractivity contribution in [2.75, 3.05) is 32.6 Å². The van der Waals surface area contributed by atoms with Crippen molar-refractivity contribution in [3.8, 4) is 5.75 Å². The van der Waals surface area contributed by atoms with Crippen molar-refractivity contribution in [3.05, 3.63) is 23.8 Å². The fourth-order valence-electron chi connectivity index (χ4n) is 2.05. The Bertz CT molecular complexity index is 473. The average molecular weight is 294 g/mol. The lowest BCUT2D eigenvalue weighted by atomic mass is 10.1. The van der Waals surface area contributed by atoms with Crippen LogP contribution in [0.1, 0.15) is 25.8 Å². The first-order valence-corrected chi connectivity index (χ1v) is 7.17. The summed E-state index contributed by atoms with van der Waals surface area (Å²) in [6.07, 6.45) is 0.269. The lowest BCUT2D eigenvalue weighted by Gasteiger charge is -2.22. The van der Waals surface area contributed by atoms with Crippen LogP contribution in [0.4, 0.5) is 5.69 Å². The van der Waals surface area contributed by atoms with Crippen LogP contribution in [0.3, 0.4) is 0 Å². The van der Waals surface area contributed by atoms with E-state index >= 15 is 0 Å². The van der Waals surface area contributed by atoms with E-state index in [1.54, 1.807) is 0 Å². The Kier molecular flexibility index (Phi) is 6.49. The van der Waals surface area contributed by atoms with Gasteiger partial charge in [-0.3, -0.25) is 4.79 Å². The third-order valence-corrected chi connectivity index (χ3v) is 3.03. The van der Waals surface area contributed by atoms with Gasteiger partial charge in [0.25, 0.3) is 0 Å². The Balaban J connectivity index is 2.81. The molecule has 1 N–H and O–H groups in total. The van der Waals surface area contributed by atoms with Crippen LogP contribution in [0.15, 0.2) is 18.2 Å². The van der Waals surface area contributed by atoms with Gasteiger partial charge in [-0.2, -0.15) is 0 Å². The van der Waals surface area contributed by atoms with Crippen LogP contribution in [0, 0.1) is 0 Å². The highest BCUT2D eigenvalue weighted by atomic mass is 16.5. The van der Waals surface area contributed by atoms with Gasteiger partial charge in [-0.05, 0) is 38.6 Å². The number of anilines is 1. The van der Waals surface area contributed by atoms with Crippen molar-refractivity contribution >= 4 is 11.7 Å². The van der Waals surface area contributed by atoms with E-state index in [0.717, 1.165) is 17.0 Å². The summed E-state index contributed by atoms with van der Waals surface area (Å²) in [6.45, 7) is 5.25. The number of ether oxygens (including phenoxy) is 1. The normalized spacial score (nSPS) is 11.0. The standard InChI is InChI=1S/C16H26N2O3/c1-12(2)21-15-10-13(6-7-14(15)17(3)4)11-18(5)9-8-16(19)20/h6-7,10,12H,8-9,11H2,1-5H3,(H,19,20). The molecule has 1 aromatic carbocycles. The number of benzene rings is 1. The number of carbonyl (C=O) groups is 1. The van der Waals surface area contributed by atoms with Gasteiger partial charge in [0.2, 0.25) is 0 Å². The Morgan fingerprint density at radius 3 is 2.48 bits per heavy atom. The van der Waals surface area contributed by atoms with E-state index in [9.17, 15) is 4.79 Å². The molecule has 0 radical (unpaired) electrons. The summed E-state index contributed by atoms with van der Waals surface area (Å²) in [5.41, 5.74) is 2.16. The third kappa shape index (κ3) is 6.04. The summed E-state index contributed by atoms with van der Waals surface area (Å²) in [7, 11) is 5.90. The molecule has 118 valence electrons. The molecule has 0 bridgehead atoms. The molecule has 0 aliphatic heterocycles. The smallest absolute Gasteiger partial charge is 0.304 e. The maximum atomic E-state index is 10.6. The van der Waals surface area contributed by atoms with E-state index in [1.807, 2.05) is 56.9 Å². The molecule has 0 spiro atoms. The molecule has 0 fully saturated rings. The van der Waals surface area contributed by atoms with Crippen LogP contribution < -0.4 is 9.64 Å². The molecular weight excluding hydrogens is 268 g/mol. The number of hydrogen-bond acceptors (Lipinski definition) is 4. The van der Waals surface area contributed by atoms with Gasteiger partial charge >= 0.3 is 5.97 Å². The number of hydrogen-bond donors (Lipinski definition) is 1. The second-order valence-corrected chi connectivity index (χ2v) is 5.74. The van der Waals surface area contributed by atoms with E-state index in [0.29, 0.717) is 13.1 Å². The number of rotatable bonds is 8. The minimum Gasteiger partial charge on any atom is -0.489 e. The van der Waals surface area contributed by atoms with Crippen molar-refractivity contribution in [1.29, 1.82) is 0 Å². The summed E-state index contributed by atoms with van der Waals surface area (Å²) in [4.78, 5) is 14.6. The number of aliphatic carboxylic acids is 1. The molecule has 0 saturated heterocycles. The molecular formula is C16H26N2O3. The topological polar surface area (TPSA) is 53.0 Å². The van der Waals surface area contributed by atoms with Crippen molar-refractivity contribution in [3.63, 3.8) is 0 Å². The van der Waals surface area contributed by atoms with Crippen LogP contribution in [-0.4, -0.2) is 49.8 Å². The maximum absolute atomic E-state index is 10.6. The molecule has 0 atom stereocenters. The first kappa shape index (κ1) is 17.3. The molecule has 1 aromatic rings. The summed E-state index contributed by atoms with van der Waals surface area (Å²) in [5, 5.41) is 8.72. The van der Waals surface area contributed by atoms with Gasteiger partial charge in [0.05, 0.1) is 18.2 Å². The van der Waals surface area contributed by atoms with Gasteiger partial charge in [0.15, 0.2) is 0 Å². The molecule has 21 heavy (non-hydrogen) atoms. The van der Waals surface area contributed by atoms with Crippen LogP contribution in [0.2, 0.25) is 0 Å². The average Bonchev–Trinajstić information content (AvgIpc) is 2.35. The summed E-state index contributed by atoms with van der Waals surface area (Å²) in [5.74, 6) is 0.0905. The number of carboxylic acids is 1. The first-order chi connectivity index (χ1) is 9.79. The molecule has 0 aliphatic carbocycles. The zero-order valence-electron chi connectivity index (χ0n) is 13.6. The molecule has 0 saturated carbocycles. The van der Waals surface area contributed by atoms with Crippen LogP contribution >= 0.6 is 0 Å². The molecule has 5 heteroatoms. The molecule has 0 heterocycles. The summed E-state index contributed by atoms with van der Waals surface area (Å²) >= 11 is 0. The fourth-order valence-corrected chi connectivity index (χ4v) is 2.05. The van der Waals surface area contributed by atoms with E-state index in [-0.39, 0.29) is 12.5 Å². The summed E-state index contributed by atoms with van der Waals surface area (Å²) in [6, 6.07) is 6.13. The van der Waals surface area contributed by atoms with Gasteiger partial charge in [0, 0.05) is 27.2 Å². The molecule has 1 rings (SSSR count). The minimum atomic E-state index is -0.770. The van der Waals surface area contributed by atoms with Gasteiger partial charge in [-0.15, -0.1) is 0 Å². The van der Waals surface area contributed by atoms with Crippen molar-refractivity contribution in [1.82, 2.24) is 4.90 Å². The zero-order valence-corrected chi connectivity index (χ0v) is 13.6. The van der Waals surface area contributed by atoms with E-state index in [1.165, 1.54) is 0 Å². The first-order valence-electron chi connectivity index (χ1n) is 7.17. The number of carboxylic acid groups (broad SMARTS) is 1. The van der Waals surface area contributed by atoms with Crippen molar-refractivity contribution in [2.45, 2.75) is 32.9 Å². The zero-order chi connectivity index (χ0) is 16.0. The Morgan fingerprint density at radius 2 is 1.95 bits per heavy atom. The van der Waals surface area contributed by atoms with E-state index in [4.69, 9.17) is 9.84 Å². The quantitative estimate of drug-likeness (QED) is 0.798. The van der Waals surface area contributed by atoms with Crippen molar-refractivity contribution in [2.24, 2.45) is 0 Å². The van der Waals surface area contributed by atoms with Crippen LogP contribution in [-0.2, 0) is 11.3 Å². The molecule has 0 aliphatic rings. The highest BCUT2D eigenvalue weighted by molar-refractivity contribution is 5.66. The Morgan fingerprint density at radius 1 is 1.29 bits per heavy atom. The SMILES string of the molecule is CC(C)Oc1cc(CN(C)CCC(=O)O)ccc1N(C)C. The fraction of sp³-hybridized carbons (Fsp3) is 0.562. The summed E-state index contributed by atoms with van der Waals surface area (Å²) < 4.78 is 5.87. The van der Waals surface area contributed by atoms with Gasteiger partial charge in [-0.25, -0.2) is 0 Å². The predicted molar refractivity (Wildman–Crippen MR) is 85.1 cm³/mol. The van der Waals surface area contributed by atoms with Gasteiger partial charge in [0.1, 0.15) is 5.75 Å². The second-order valence-electron chi connectivity index (χ2n) is 5.74. The molecule has 5 nitrogen and oxygen atoms in total. The van der Waals surface area contributed by atoms with Gasteiger partial charge in [-0.1, -0.05) is 6.07 Å². The highest BCUT2D eigenvalue weighted by Crippen LogP contribution is 2.29. The Labute approximate surface area is 127 Å². The third-order valence-electron chi connectivity index (χ3n) is 3.03. The van der Waals surface area contributed by atoms with Crippen LogP contribution in [0.25, 0.3) is 0 Å². The van der Waals surface area contributed by atoms with Crippen LogP contribution in [0.5, 0.6) is 5.75 Å². The maximum Gasteiger partial charge on any atom is 0.304 e. The second kappa shape index (κ2) is 7.88. The molecule has 0 unspecified atom stereocenters. The lowest BCUT2D eigenvalue weighted by Crippen LogP contribution is -2.21. The largest absolute Gasteiger partial charge is 0.489 e. The minimum absolute atomic E-state index is 0.115. The van der Waals surface area contributed by atoms with Crippen molar-refractivity contribution < 1.29 is 14.6 Å². The predicted octanol–water partition coefficient (Wildman–Crippen LogP) is 2.45. The molecule has 0 aromatic heterocycles. The molecule has 0 amide bonds. The highest BCUT2D eigenvalue weighted by Gasteiger charge is 2.10. The Hall–Kier alpha value is -1.75. The lowest BCUT2D eigenvalue weighted by molar-refractivity contribution is -0.137.